The number of hydrogen-bond acceptors (Lipinski definition) is 2. The summed E-state index contributed by atoms with van der Waals surface area (Å²) in [7, 11) is 0. The van der Waals surface area contributed by atoms with Crippen LogP contribution in [0.4, 0.5) is 0 Å². The van der Waals surface area contributed by atoms with E-state index in [2.05, 4.69) is 12.0 Å². The van der Waals surface area contributed by atoms with Crippen molar-refractivity contribution in [3.8, 4) is 0 Å². The van der Waals surface area contributed by atoms with Gasteiger partial charge in [0, 0.05) is 10.6 Å². The highest BCUT2D eigenvalue weighted by atomic mass is 35.5. The van der Waals surface area contributed by atoms with Gasteiger partial charge in [0.1, 0.15) is 5.15 Å². The maximum Gasteiger partial charge on any atom is 0.133 e. The molecule has 0 spiro atoms. The third kappa shape index (κ3) is 3.30. The Hall–Kier alpha value is -1.03. The van der Waals surface area contributed by atoms with E-state index in [1.165, 1.54) is 0 Å². The van der Waals surface area contributed by atoms with Gasteiger partial charge in [0.25, 0.3) is 0 Å². The summed E-state index contributed by atoms with van der Waals surface area (Å²) >= 11 is 12.2. The highest BCUT2D eigenvalue weighted by molar-refractivity contribution is 6.30. The van der Waals surface area contributed by atoms with Crippen LogP contribution in [0.5, 0.6) is 0 Å². The smallest absolute Gasteiger partial charge is 0.133 e. The summed E-state index contributed by atoms with van der Waals surface area (Å²) in [6, 6.07) is 7.59. The summed E-state index contributed by atoms with van der Waals surface area (Å²) in [4.78, 5) is 0. The van der Waals surface area contributed by atoms with Crippen molar-refractivity contribution in [3.63, 3.8) is 0 Å². The minimum atomic E-state index is -0.0797. The Morgan fingerprint density at radius 3 is 2.74 bits per heavy atom. The van der Waals surface area contributed by atoms with Gasteiger partial charge in [0.05, 0.1) is 18.8 Å². The topological polar surface area (TPSA) is 38.0 Å². The van der Waals surface area contributed by atoms with Gasteiger partial charge in [-0.1, -0.05) is 48.7 Å². The van der Waals surface area contributed by atoms with Crippen molar-refractivity contribution in [2.75, 3.05) is 0 Å². The molecule has 0 saturated carbocycles. The van der Waals surface area contributed by atoms with E-state index in [-0.39, 0.29) is 6.61 Å². The van der Waals surface area contributed by atoms with Crippen LogP contribution in [0.3, 0.4) is 0 Å². The molecule has 0 amide bonds. The maximum absolute atomic E-state index is 9.39. The van der Waals surface area contributed by atoms with Crippen molar-refractivity contribution in [2.45, 2.75) is 32.9 Å². The first-order valence-electron chi connectivity index (χ1n) is 6.25. The minimum Gasteiger partial charge on any atom is -0.391 e. The lowest BCUT2D eigenvalue weighted by Crippen LogP contribution is -2.02. The molecule has 1 heterocycles. The fraction of sp³-hybridized carbons (Fsp3) is 0.357. The molecule has 0 fully saturated rings. The lowest BCUT2D eigenvalue weighted by Gasteiger charge is -2.04. The summed E-state index contributed by atoms with van der Waals surface area (Å²) in [6.07, 6.45) is 1.79. The first kappa shape index (κ1) is 14.4. The number of benzene rings is 1. The van der Waals surface area contributed by atoms with Crippen molar-refractivity contribution < 1.29 is 5.11 Å². The second-order valence-corrected chi connectivity index (χ2v) is 5.21. The highest BCUT2D eigenvalue weighted by Gasteiger charge is 2.15. The van der Waals surface area contributed by atoms with Crippen LogP contribution >= 0.6 is 23.2 Å². The number of aryl methyl sites for hydroxylation is 1. The van der Waals surface area contributed by atoms with Crippen LogP contribution in [0, 0.1) is 0 Å². The molecule has 0 aliphatic heterocycles. The van der Waals surface area contributed by atoms with E-state index in [1.54, 1.807) is 4.68 Å². The number of aliphatic hydroxyl groups is 1. The average molecular weight is 299 g/mol. The third-order valence-corrected chi connectivity index (χ3v) is 3.59. The maximum atomic E-state index is 9.39. The van der Waals surface area contributed by atoms with Crippen LogP contribution in [0.2, 0.25) is 10.2 Å². The molecule has 2 rings (SSSR count). The SMILES string of the molecule is CCCc1nn(Cc2cccc(Cl)c2)c(Cl)c1CO. The largest absolute Gasteiger partial charge is 0.391 e. The summed E-state index contributed by atoms with van der Waals surface area (Å²) in [6.45, 7) is 2.55. The Bertz CT molecular complexity index is 567. The second-order valence-electron chi connectivity index (χ2n) is 4.41. The average Bonchev–Trinajstić information content (AvgIpc) is 2.66. The van der Waals surface area contributed by atoms with Gasteiger partial charge in [0.15, 0.2) is 0 Å². The van der Waals surface area contributed by atoms with Gasteiger partial charge in [-0.05, 0) is 24.1 Å². The number of halogens is 2. The predicted octanol–water partition coefficient (Wildman–Crippen LogP) is 3.68. The van der Waals surface area contributed by atoms with Crippen LogP contribution in [-0.4, -0.2) is 14.9 Å². The summed E-state index contributed by atoms with van der Waals surface area (Å²) in [5, 5.41) is 15.1. The Morgan fingerprint density at radius 2 is 2.11 bits per heavy atom. The molecule has 0 radical (unpaired) electrons. The van der Waals surface area contributed by atoms with E-state index in [4.69, 9.17) is 23.2 Å². The lowest BCUT2D eigenvalue weighted by atomic mass is 10.2. The van der Waals surface area contributed by atoms with Gasteiger partial charge in [-0.25, -0.2) is 4.68 Å². The Labute approximate surface area is 122 Å². The van der Waals surface area contributed by atoms with E-state index in [0.717, 1.165) is 29.7 Å². The first-order valence-corrected chi connectivity index (χ1v) is 7.00. The fourth-order valence-corrected chi connectivity index (χ4v) is 2.51. The van der Waals surface area contributed by atoms with Crippen molar-refractivity contribution >= 4 is 23.2 Å². The third-order valence-electron chi connectivity index (χ3n) is 2.93. The van der Waals surface area contributed by atoms with Crippen LogP contribution in [0.1, 0.15) is 30.2 Å². The molecule has 3 nitrogen and oxygen atoms in total. The van der Waals surface area contributed by atoms with Gasteiger partial charge < -0.3 is 5.11 Å². The molecule has 102 valence electrons. The predicted molar refractivity (Wildman–Crippen MR) is 77.7 cm³/mol. The van der Waals surface area contributed by atoms with E-state index < -0.39 is 0 Å². The molecule has 1 aromatic carbocycles. The summed E-state index contributed by atoms with van der Waals surface area (Å²) < 4.78 is 1.71. The molecule has 0 bridgehead atoms. The van der Waals surface area contributed by atoms with Crippen molar-refractivity contribution in [1.82, 2.24) is 9.78 Å². The molecule has 0 aliphatic carbocycles. The number of aliphatic hydroxyl groups excluding tert-OH is 1. The van der Waals surface area contributed by atoms with Gasteiger partial charge >= 0.3 is 0 Å². The molecular formula is C14H16Cl2N2O. The quantitative estimate of drug-likeness (QED) is 0.914. The van der Waals surface area contributed by atoms with Gasteiger partial charge in [-0.3, -0.25) is 0 Å². The number of rotatable bonds is 5. The molecule has 1 N–H and O–H groups in total. The van der Waals surface area contributed by atoms with E-state index >= 15 is 0 Å². The summed E-state index contributed by atoms with van der Waals surface area (Å²) in [5.41, 5.74) is 2.63. The Balaban J connectivity index is 2.30. The zero-order chi connectivity index (χ0) is 13.8. The van der Waals surface area contributed by atoms with Crippen LogP contribution < -0.4 is 0 Å². The minimum absolute atomic E-state index is 0.0797. The second kappa shape index (κ2) is 6.42. The van der Waals surface area contributed by atoms with E-state index in [9.17, 15) is 5.11 Å². The molecule has 19 heavy (non-hydrogen) atoms. The molecule has 0 saturated heterocycles. The molecule has 0 unspecified atom stereocenters. The van der Waals surface area contributed by atoms with Crippen molar-refractivity contribution in [2.24, 2.45) is 0 Å². The van der Waals surface area contributed by atoms with Crippen LogP contribution in [0.15, 0.2) is 24.3 Å². The normalized spacial score (nSPS) is 10.9. The Kier molecular flexibility index (Phi) is 4.86. The monoisotopic (exact) mass is 298 g/mol. The molecular weight excluding hydrogens is 283 g/mol. The summed E-state index contributed by atoms with van der Waals surface area (Å²) in [5.74, 6) is 0. The first-order chi connectivity index (χ1) is 9.15. The molecule has 0 atom stereocenters. The van der Waals surface area contributed by atoms with E-state index in [0.29, 0.717) is 16.7 Å². The van der Waals surface area contributed by atoms with Crippen molar-refractivity contribution in [1.29, 1.82) is 0 Å². The number of nitrogens with zero attached hydrogens (tertiary/aromatic N) is 2. The molecule has 5 heteroatoms. The lowest BCUT2D eigenvalue weighted by molar-refractivity contribution is 0.280. The zero-order valence-corrected chi connectivity index (χ0v) is 12.2. The number of aromatic nitrogens is 2. The van der Waals surface area contributed by atoms with Gasteiger partial charge in [-0.2, -0.15) is 5.10 Å². The standard InChI is InChI=1S/C14H16Cl2N2O/c1-2-4-13-12(9-19)14(16)18(17-13)8-10-5-3-6-11(15)7-10/h3,5-7,19H,2,4,8-9H2,1H3. The fourth-order valence-electron chi connectivity index (χ4n) is 2.03. The molecule has 1 aromatic heterocycles. The number of hydrogen-bond donors (Lipinski definition) is 1. The van der Waals surface area contributed by atoms with Gasteiger partial charge in [-0.15, -0.1) is 0 Å². The highest BCUT2D eigenvalue weighted by Crippen LogP contribution is 2.23. The van der Waals surface area contributed by atoms with Gasteiger partial charge in [0.2, 0.25) is 0 Å². The Morgan fingerprint density at radius 1 is 1.32 bits per heavy atom. The van der Waals surface area contributed by atoms with Crippen molar-refractivity contribution in [3.05, 3.63) is 51.3 Å². The molecule has 0 aliphatic rings. The molecule has 2 aromatic rings. The van der Waals surface area contributed by atoms with Crippen LogP contribution in [-0.2, 0) is 19.6 Å². The zero-order valence-electron chi connectivity index (χ0n) is 10.7. The van der Waals surface area contributed by atoms with Crippen LogP contribution in [0.25, 0.3) is 0 Å². The van der Waals surface area contributed by atoms with E-state index in [1.807, 2.05) is 24.3 Å².